The number of rotatable bonds is 5. The van der Waals surface area contributed by atoms with Crippen molar-refractivity contribution in [2.45, 2.75) is 18.6 Å². The van der Waals surface area contributed by atoms with E-state index in [4.69, 9.17) is 9.52 Å². The molecule has 0 unspecified atom stereocenters. The third kappa shape index (κ3) is 3.65. The Morgan fingerprint density at radius 3 is 2.74 bits per heavy atom. The van der Waals surface area contributed by atoms with Crippen LogP contribution in [0.5, 0.6) is 0 Å². The smallest absolute Gasteiger partial charge is 0.342 e. The first kappa shape index (κ1) is 13.3. The first-order chi connectivity index (χ1) is 9.19. The summed E-state index contributed by atoms with van der Waals surface area (Å²) in [4.78, 5) is 15.2. The maximum atomic E-state index is 11.2. The lowest BCUT2D eigenvalue weighted by molar-refractivity contribution is -0.131. The highest BCUT2D eigenvalue weighted by Crippen LogP contribution is 2.27. The number of aromatic nitrogens is 3. The van der Waals surface area contributed by atoms with Gasteiger partial charge in [0.05, 0.1) is 0 Å². The molecule has 2 aromatic rings. The molecule has 2 heterocycles. The molecule has 0 bridgehead atoms. The Kier molecular flexibility index (Phi) is 4.30. The summed E-state index contributed by atoms with van der Waals surface area (Å²) in [5.74, 6) is -0.561. The quantitative estimate of drug-likeness (QED) is 0.662. The summed E-state index contributed by atoms with van der Waals surface area (Å²) in [6, 6.07) is 3.43. The Hall–Kier alpha value is -2.15. The Morgan fingerprint density at radius 1 is 1.42 bits per heavy atom. The van der Waals surface area contributed by atoms with E-state index >= 15 is 0 Å². The third-order valence-electron chi connectivity index (χ3n) is 2.16. The zero-order valence-electron chi connectivity index (χ0n) is 10.1. The van der Waals surface area contributed by atoms with Gasteiger partial charge in [-0.2, -0.15) is 0 Å². The molecule has 98 valence electrons. The number of nitrogens with zero attached hydrogens (tertiary/aromatic N) is 3. The van der Waals surface area contributed by atoms with Crippen molar-refractivity contribution >= 4 is 23.8 Å². The van der Waals surface area contributed by atoms with Gasteiger partial charge in [-0.1, -0.05) is 6.92 Å². The Balaban J connectivity index is 2.21. The first-order valence-corrected chi connectivity index (χ1v) is 6.36. The molecule has 0 aliphatic rings. The Labute approximate surface area is 113 Å². The molecule has 0 amide bonds. The van der Waals surface area contributed by atoms with E-state index in [0.717, 1.165) is 17.3 Å². The molecule has 0 aliphatic carbocycles. The van der Waals surface area contributed by atoms with Crippen molar-refractivity contribution < 1.29 is 14.3 Å². The molecule has 6 nitrogen and oxygen atoms in total. The average Bonchev–Trinajstić information content (AvgIpc) is 2.87. The van der Waals surface area contributed by atoms with Crippen LogP contribution in [-0.2, 0) is 11.2 Å². The molecule has 7 heteroatoms. The van der Waals surface area contributed by atoms with Crippen molar-refractivity contribution in [3.8, 4) is 0 Å². The number of aryl methyl sites for hydroxylation is 1. The van der Waals surface area contributed by atoms with E-state index in [2.05, 4.69) is 15.2 Å². The van der Waals surface area contributed by atoms with Crippen molar-refractivity contribution in [2.24, 2.45) is 0 Å². The van der Waals surface area contributed by atoms with Crippen LogP contribution in [0.15, 0.2) is 39.1 Å². The van der Waals surface area contributed by atoms with Gasteiger partial charge < -0.3 is 9.52 Å². The number of carboxylic acids is 1. The van der Waals surface area contributed by atoms with Crippen LogP contribution in [0, 0.1) is 0 Å². The van der Waals surface area contributed by atoms with Crippen LogP contribution in [0.25, 0.3) is 6.08 Å². The summed E-state index contributed by atoms with van der Waals surface area (Å²) in [5, 5.41) is 17.0. The summed E-state index contributed by atoms with van der Waals surface area (Å²) in [6.45, 7) is 1.88. The van der Waals surface area contributed by atoms with Crippen LogP contribution in [0.2, 0.25) is 0 Å². The van der Waals surface area contributed by atoms with E-state index in [1.165, 1.54) is 6.08 Å². The van der Waals surface area contributed by atoms with Crippen LogP contribution in [0.3, 0.4) is 0 Å². The summed E-state index contributed by atoms with van der Waals surface area (Å²) in [7, 11) is 0. The maximum absolute atomic E-state index is 11.2. The fourth-order valence-electron chi connectivity index (χ4n) is 1.26. The van der Waals surface area contributed by atoms with Gasteiger partial charge >= 0.3 is 5.97 Å². The summed E-state index contributed by atoms with van der Waals surface area (Å²) >= 11 is 0.929. The van der Waals surface area contributed by atoms with Crippen molar-refractivity contribution in [2.75, 3.05) is 0 Å². The fraction of sp³-hybridized carbons (Fsp3) is 0.167. The van der Waals surface area contributed by atoms with Crippen LogP contribution < -0.4 is 0 Å². The van der Waals surface area contributed by atoms with Gasteiger partial charge in [-0.3, -0.25) is 4.98 Å². The zero-order valence-corrected chi connectivity index (χ0v) is 10.9. The number of aliphatic carboxylic acids is 1. The third-order valence-corrected chi connectivity index (χ3v) is 3.01. The van der Waals surface area contributed by atoms with Crippen molar-refractivity contribution in [3.05, 3.63) is 40.9 Å². The highest BCUT2D eigenvalue weighted by atomic mass is 32.2. The van der Waals surface area contributed by atoms with Gasteiger partial charge in [0.2, 0.25) is 5.89 Å². The number of carbonyl (C=O) groups is 1. The highest BCUT2D eigenvalue weighted by Gasteiger charge is 2.14. The minimum absolute atomic E-state index is 0.109. The second kappa shape index (κ2) is 6.14. The highest BCUT2D eigenvalue weighted by molar-refractivity contribution is 8.03. The van der Waals surface area contributed by atoms with Gasteiger partial charge in [-0.15, -0.1) is 10.2 Å². The molecule has 0 aliphatic heterocycles. The van der Waals surface area contributed by atoms with Crippen LogP contribution in [0.4, 0.5) is 0 Å². The summed E-state index contributed by atoms with van der Waals surface area (Å²) in [5.41, 5.74) is 0.745. The van der Waals surface area contributed by atoms with E-state index in [-0.39, 0.29) is 10.1 Å². The normalized spacial score (nSPS) is 11.5. The molecule has 2 aromatic heterocycles. The molecule has 2 rings (SSSR count). The number of thioether (sulfide) groups is 1. The molecule has 0 atom stereocenters. The second-order valence-corrected chi connectivity index (χ2v) is 4.50. The van der Waals surface area contributed by atoms with Crippen molar-refractivity contribution in [1.82, 2.24) is 15.2 Å². The molecular weight excluding hydrogens is 266 g/mol. The lowest BCUT2D eigenvalue weighted by Crippen LogP contribution is -1.96. The number of carboxylic acid groups (broad SMARTS) is 1. The molecule has 0 spiro atoms. The minimum Gasteiger partial charge on any atom is -0.477 e. The lowest BCUT2D eigenvalue weighted by atomic mass is 10.2. The Morgan fingerprint density at radius 2 is 2.16 bits per heavy atom. The van der Waals surface area contributed by atoms with E-state index in [9.17, 15) is 4.79 Å². The topological polar surface area (TPSA) is 89.1 Å². The van der Waals surface area contributed by atoms with Crippen LogP contribution in [-0.4, -0.2) is 26.3 Å². The van der Waals surface area contributed by atoms with Crippen molar-refractivity contribution in [3.63, 3.8) is 0 Å². The maximum Gasteiger partial charge on any atom is 0.342 e. The van der Waals surface area contributed by atoms with E-state index in [1.807, 2.05) is 6.92 Å². The predicted octanol–water partition coefficient (Wildman–Crippen LogP) is 2.24. The van der Waals surface area contributed by atoms with E-state index in [0.29, 0.717) is 12.3 Å². The van der Waals surface area contributed by atoms with Gasteiger partial charge in [0.25, 0.3) is 5.22 Å². The van der Waals surface area contributed by atoms with E-state index in [1.54, 1.807) is 24.5 Å². The lowest BCUT2D eigenvalue weighted by Gasteiger charge is -1.98. The molecular formula is C12H11N3O3S. The largest absolute Gasteiger partial charge is 0.477 e. The molecule has 0 aromatic carbocycles. The summed E-state index contributed by atoms with van der Waals surface area (Å²) < 4.78 is 5.28. The monoisotopic (exact) mass is 277 g/mol. The minimum atomic E-state index is -1.04. The van der Waals surface area contributed by atoms with Gasteiger partial charge in [0.15, 0.2) is 0 Å². The molecule has 0 fully saturated rings. The van der Waals surface area contributed by atoms with Gasteiger partial charge in [-0.25, -0.2) is 4.79 Å². The van der Waals surface area contributed by atoms with Crippen LogP contribution >= 0.6 is 11.8 Å². The number of hydrogen-bond acceptors (Lipinski definition) is 6. The molecule has 19 heavy (non-hydrogen) atoms. The molecule has 0 saturated heterocycles. The van der Waals surface area contributed by atoms with Gasteiger partial charge in [0.1, 0.15) is 4.91 Å². The van der Waals surface area contributed by atoms with Crippen molar-refractivity contribution in [1.29, 1.82) is 0 Å². The molecule has 0 radical (unpaired) electrons. The zero-order chi connectivity index (χ0) is 13.7. The van der Waals surface area contributed by atoms with E-state index < -0.39 is 5.97 Å². The molecule has 0 saturated carbocycles. The van der Waals surface area contributed by atoms with Gasteiger partial charge in [-0.05, 0) is 35.5 Å². The Bertz CT molecular complexity index is 595. The second-order valence-electron chi connectivity index (χ2n) is 3.51. The average molecular weight is 277 g/mol. The number of pyridine rings is 1. The standard InChI is InChI=1S/C12H11N3O3S/c1-2-10-14-15-12(18-10)19-9(11(16)17)7-8-3-5-13-6-4-8/h3-7H,2H2,1H3,(H,16,17)/b9-7-. The SMILES string of the molecule is CCc1nnc(S/C(=C\c2ccncc2)C(=O)O)o1. The van der Waals surface area contributed by atoms with Crippen LogP contribution in [0.1, 0.15) is 18.4 Å². The number of hydrogen-bond donors (Lipinski definition) is 1. The van der Waals surface area contributed by atoms with Gasteiger partial charge in [0, 0.05) is 18.8 Å². The molecule has 1 N–H and O–H groups in total. The predicted molar refractivity (Wildman–Crippen MR) is 69.4 cm³/mol. The summed E-state index contributed by atoms with van der Waals surface area (Å²) in [6.07, 6.45) is 5.34. The first-order valence-electron chi connectivity index (χ1n) is 5.54. The fourth-order valence-corrected chi connectivity index (χ4v) is 1.95.